The summed E-state index contributed by atoms with van der Waals surface area (Å²) in [4.78, 5) is 27.1. The summed E-state index contributed by atoms with van der Waals surface area (Å²) in [6.07, 6.45) is 0.557. The van der Waals surface area contributed by atoms with Gasteiger partial charge in [0.05, 0.1) is 11.6 Å². The number of carbonyl (C=O) groups is 2. The van der Waals surface area contributed by atoms with Gasteiger partial charge in [0.1, 0.15) is 11.6 Å². The third-order valence-electron chi connectivity index (χ3n) is 4.97. The molecule has 2 amide bonds. The average molecular weight is 483 g/mol. The number of nitrogens with two attached hydrogens (primary N) is 1. The van der Waals surface area contributed by atoms with Gasteiger partial charge >= 0.3 is 0 Å². The molecule has 0 saturated carbocycles. The first-order valence-corrected chi connectivity index (χ1v) is 10.7. The van der Waals surface area contributed by atoms with Crippen molar-refractivity contribution in [2.24, 2.45) is 5.73 Å². The minimum absolute atomic E-state index is 0.135. The quantitative estimate of drug-likeness (QED) is 0.484. The van der Waals surface area contributed by atoms with Crippen LogP contribution >= 0.6 is 11.6 Å². The van der Waals surface area contributed by atoms with Crippen LogP contribution in [0.3, 0.4) is 0 Å². The molecule has 6 nitrogen and oxygen atoms in total. The number of nitrogens with one attached hydrogen (secondary N) is 1. The molecule has 0 aliphatic rings. The average Bonchev–Trinajstić information content (AvgIpc) is 2.82. The lowest BCUT2D eigenvalue weighted by molar-refractivity contribution is 0.0742. The third kappa shape index (κ3) is 6.38. The number of rotatable bonds is 8. The highest BCUT2D eigenvalue weighted by molar-refractivity contribution is 6.31. The number of carbonyl (C=O) groups excluding carboxylic acids is 2. The number of benzene rings is 3. The molecule has 174 valence electrons. The maximum Gasteiger partial charge on any atom is 0.255 e. The molecule has 9 heteroatoms. The first-order valence-electron chi connectivity index (χ1n) is 10.4. The van der Waals surface area contributed by atoms with Crippen molar-refractivity contribution in [2.75, 3.05) is 18.4 Å². The highest BCUT2D eigenvalue weighted by Crippen LogP contribution is 2.24. The second-order valence-electron chi connectivity index (χ2n) is 7.48. The van der Waals surface area contributed by atoms with Crippen LogP contribution in [0.25, 0.3) is 0 Å². The van der Waals surface area contributed by atoms with Gasteiger partial charge < -0.3 is 16.0 Å². The lowest BCUT2D eigenvalue weighted by atomic mass is 10.1. The van der Waals surface area contributed by atoms with Gasteiger partial charge in [0, 0.05) is 41.0 Å². The van der Waals surface area contributed by atoms with E-state index in [9.17, 15) is 18.4 Å². The Morgan fingerprint density at radius 2 is 1.68 bits per heavy atom. The van der Waals surface area contributed by atoms with Crippen LogP contribution in [0.15, 0.2) is 60.7 Å². The molecule has 0 fully saturated rings. The molecule has 0 aromatic heterocycles. The van der Waals surface area contributed by atoms with Crippen LogP contribution in [0, 0.1) is 23.0 Å². The van der Waals surface area contributed by atoms with Gasteiger partial charge in [-0.25, -0.2) is 8.78 Å². The Hall–Kier alpha value is -3.80. The number of halogens is 3. The van der Waals surface area contributed by atoms with Crippen molar-refractivity contribution < 1.29 is 18.4 Å². The van der Waals surface area contributed by atoms with E-state index in [0.29, 0.717) is 53.0 Å². The maximum atomic E-state index is 13.4. The number of anilines is 1. The Balaban J connectivity index is 1.82. The largest absolute Gasteiger partial charge is 0.334 e. The summed E-state index contributed by atoms with van der Waals surface area (Å²) in [6, 6.07) is 15.5. The Morgan fingerprint density at radius 3 is 2.29 bits per heavy atom. The summed E-state index contributed by atoms with van der Waals surface area (Å²) in [7, 11) is 0. The highest BCUT2D eigenvalue weighted by Gasteiger charge is 2.18. The highest BCUT2D eigenvalue weighted by atomic mass is 35.5. The van der Waals surface area contributed by atoms with Crippen LogP contribution in [0.1, 0.15) is 38.3 Å². The van der Waals surface area contributed by atoms with Gasteiger partial charge in [-0.2, -0.15) is 5.26 Å². The zero-order valence-electron chi connectivity index (χ0n) is 18.0. The molecule has 0 aliphatic carbocycles. The van der Waals surface area contributed by atoms with Crippen molar-refractivity contribution >= 4 is 29.1 Å². The molecular formula is C25H21ClF2N4O2. The van der Waals surface area contributed by atoms with E-state index >= 15 is 0 Å². The van der Waals surface area contributed by atoms with E-state index in [1.807, 2.05) is 6.07 Å². The molecule has 3 rings (SSSR count). The van der Waals surface area contributed by atoms with E-state index in [1.165, 1.54) is 0 Å². The van der Waals surface area contributed by atoms with Crippen LogP contribution < -0.4 is 11.1 Å². The monoisotopic (exact) mass is 482 g/mol. The summed E-state index contributed by atoms with van der Waals surface area (Å²) in [5, 5.41) is 11.9. The molecule has 3 N–H and O–H groups in total. The Bertz CT molecular complexity index is 1220. The van der Waals surface area contributed by atoms with E-state index in [2.05, 4.69) is 5.32 Å². The Kier molecular flexibility index (Phi) is 8.30. The van der Waals surface area contributed by atoms with Crippen molar-refractivity contribution in [2.45, 2.75) is 13.0 Å². The van der Waals surface area contributed by atoms with Crippen molar-refractivity contribution in [3.05, 3.63) is 99.6 Å². The standard InChI is InChI=1S/C25H21ClF2N4O2/c26-23-7-6-22(31-24(33)18-10-20(27)13-21(28)11-18)12-19(23)15-32(9-1-8-29)25(34)17-4-2-16(14-30)3-5-17/h2-7,10-13H,1,8-9,15,29H2,(H,31,33). The van der Waals surface area contributed by atoms with Crippen molar-refractivity contribution in [3.63, 3.8) is 0 Å². The van der Waals surface area contributed by atoms with E-state index < -0.39 is 17.5 Å². The lowest BCUT2D eigenvalue weighted by Crippen LogP contribution is -2.32. The van der Waals surface area contributed by atoms with Crippen molar-refractivity contribution in [1.82, 2.24) is 4.90 Å². The number of amides is 2. The van der Waals surface area contributed by atoms with Crippen molar-refractivity contribution in [3.8, 4) is 6.07 Å². The molecule has 0 spiro atoms. The van der Waals surface area contributed by atoms with E-state index in [0.717, 1.165) is 12.1 Å². The molecule has 0 aliphatic heterocycles. The predicted octanol–water partition coefficient (Wildman–Crippen LogP) is 4.73. The summed E-state index contributed by atoms with van der Waals surface area (Å²) in [5.74, 6) is -2.68. The van der Waals surface area contributed by atoms with Gasteiger partial charge in [0.15, 0.2) is 0 Å². The van der Waals surface area contributed by atoms with E-state index in [4.69, 9.17) is 22.6 Å². The Labute approximate surface area is 200 Å². The normalized spacial score (nSPS) is 10.4. The molecule has 3 aromatic carbocycles. The minimum atomic E-state index is -0.862. The van der Waals surface area contributed by atoms with Gasteiger partial charge in [-0.1, -0.05) is 11.6 Å². The summed E-state index contributed by atoms with van der Waals surface area (Å²) >= 11 is 6.35. The molecule has 0 bridgehead atoms. The Morgan fingerprint density at radius 1 is 1.00 bits per heavy atom. The first kappa shape index (κ1) is 24.8. The number of nitriles is 1. The topological polar surface area (TPSA) is 99.2 Å². The SMILES string of the molecule is N#Cc1ccc(C(=O)N(CCCN)Cc2cc(NC(=O)c3cc(F)cc(F)c3)ccc2Cl)cc1. The summed E-state index contributed by atoms with van der Waals surface area (Å²) in [5.41, 5.74) is 7.21. The van der Waals surface area contributed by atoms with Gasteiger partial charge in [0.2, 0.25) is 0 Å². The van der Waals surface area contributed by atoms with Crippen molar-refractivity contribution in [1.29, 1.82) is 5.26 Å². The second-order valence-corrected chi connectivity index (χ2v) is 7.88. The fourth-order valence-electron chi connectivity index (χ4n) is 3.27. The van der Waals surface area contributed by atoms with Gasteiger partial charge in [-0.05, 0) is 73.1 Å². The fourth-order valence-corrected chi connectivity index (χ4v) is 3.45. The molecular weight excluding hydrogens is 462 g/mol. The maximum absolute atomic E-state index is 13.4. The molecule has 0 atom stereocenters. The molecule has 34 heavy (non-hydrogen) atoms. The molecule has 0 saturated heterocycles. The molecule has 3 aromatic rings. The van der Waals surface area contributed by atoms with Gasteiger partial charge in [-0.15, -0.1) is 0 Å². The van der Waals surface area contributed by atoms with Crippen LogP contribution in [-0.4, -0.2) is 29.8 Å². The number of hydrogen-bond donors (Lipinski definition) is 2. The fraction of sp³-hybridized carbons (Fsp3) is 0.160. The third-order valence-corrected chi connectivity index (χ3v) is 5.34. The predicted molar refractivity (Wildman–Crippen MR) is 125 cm³/mol. The van der Waals surface area contributed by atoms with Crippen LogP contribution in [0.4, 0.5) is 14.5 Å². The summed E-state index contributed by atoms with van der Waals surface area (Å²) < 4.78 is 26.9. The molecule has 0 heterocycles. The van der Waals surface area contributed by atoms with Gasteiger partial charge in [-0.3, -0.25) is 9.59 Å². The minimum Gasteiger partial charge on any atom is -0.334 e. The lowest BCUT2D eigenvalue weighted by Gasteiger charge is -2.24. The first-order chi connectivity index (χ1) is 16.3. The number of nitrogens with zero attached hydrogens (tertiary/aromatic N) is 2. The molecule has 0 radical (unpaired) electrons. The van der Waals surface area contributed by atoms with E-state index in [1.54, 1.807) is 47.4 Å². The van der Waals surface area contributed by atoms with E-state index in [-0.39, 0.29) is 18.0 Å². The van der Waals surface area contributed by atoms with Crippen LogP contribution in [0.2, 0.25) is 5.02 Å². The smallest absolute Gasteiger partial charge is 0.255 e. The zero-order valence-corrected chi connectivity index (χ0v) is 18.8. The second kappa shape index (κ2) is 11.4. The summed E-state index contributed by atoms with van der Waals surface area (Å²) in [6.45, 7) is 0.881. The van der Waals surface area contributed by atoms with Crippen LogP contribution in [-0.2, 0) is 6.54 Å². The molecule has 0 unspecified atom stereocenters. The van der Waals surface area contributed by atoms with Gasteiger partial charge in [0.25, 0.3) is 11.8 Å². The van der Waals surface area contributed by atoms with Crippen LogP contribution in [0.5, 0.6) is 0 Å². The number of hydrogen-bond acceptors (Lipinski definition) is 4. The zero-order chi connectivity index (χ0) is 24.7.